The molecule has 0 aliphatic heterocycles. The van der Waals surface area contributed by atoms with E-state index in [1.165, 1.54) is 0 Å². The predicted octanol–water partition coefficient (Wildman–Crippen LogP) is 4.07. The predicted molar refractivity (Wildman–Crippen MR) is 75.3 cm³/mol. The molecule has 0 saturated carbocycles. The minimum atomic E-state index is -0.177. The van der Waals surface area contributed by atoms with Gasteiger partial charge in [0.15, 0.2) is 0 Å². The van der Waals surface area contributed by atoms with Crippen LogP contribution in [0.3, 0.4) is 0 Å². The van der Waals surface area contributed by atoms with E-state index in [2.05, 4.69) is 0 Å². The molecule has 0 fully saturated rings. The van der Waals surface area contributed by atoms with Crippen molar-refractivity contribution in [3.05, 3.63) is 64.1 Å². The van der Waals surface area contributed by atoms with E-state index in [4.69, 9.17) is 33.7 Å². The van der Waals surface area contributed by atoms with Gasteiger partial charge in [-0.2, -0.15) is 0 Å². The second kappa shape index (κ2) is 6.10. The summed E-state index contributed by atoms with van der Waals surface area (Å²) < 4.78 is 5.59. The van der Waals surface area contributed by atoms with Gasteiger partial charge in [0.25, 0.3) is 0 Å². The van der Waals surface area contributed by atoms with Gasteiger partial charge in [-0.25, -0.2) is 0 Å². The van der Waals surface area contributed by atoms with Crippen LogP contribution >= 0.6 is 23.2 Å². The van der Waals surface area contributed by atoms with Crippen LogP contribution in [-0.2, 0) is 0 Å². The lowest BCUT2D eigenvalue weighted by Gasteiger charge is -2.13. The second-order valence-electron chi connectivity index (χ2n) is 3.93. The van der Waals surface area contributed by atoms with Gasteiger partial charge in [0.1, 0.15) is 12.4 Å². The fourth-order valence-electron chi connectivity index (χ4n) is 1.59. The van der Waals surface area contributed by atoms with Crippen molar-refractivity contribution >= 4 is 23.2 Å². The summed E-state index contributed by atoms with van der Waals surface area (Å²) in [6, 6.07) is 14.7. The highest BCUT2D eigenvalue weighted by Gasteiger charge is 2.07. The lowest BCUT2D eigenvalue weighted by Crippen LogP contribution is -2.18. The average Bonchev–Trinajstić information content (AvgIpc) is 2.36. The third-order valence-corrected chi connectivity index (χ3v) is 2.93. The van der Waals surface area contributed by atoms with E-state index in [0.29, 0.717) is 22.4 Å². The maximum Gasteiger partial charge on any atom is 0.122 e. The van der Waals surface area contributed by atoms with E-state index in [1.54, 1.807) is 18.2 Å². The largest absolute Gasteiger partial charge is 0.492 e. The highest BCUT2D eigenvalue weighted by atomic mass is 35.5. The normalized spacial score (nSPS) is 12.2. The maximum absolute atomic E-state index is 6.03. The van der Waals surface area contributed by atoms with Gasteiger partial charge in [-0.05, 0) is 23.8 Å². The van der Waals surface area contributed by atoms with Crippen molar-refractivity contribution < 1.29 is 4.74 Å². The zero-order valence-electron chi connectivity index (χ0n) is 9.64. The Hall–Kier alpha value is -1.22. The Morgan fingerprint density at radius 3 is 2.22 bits per heavy atom. The summed E-state index contributed by atoms with van der Waals surface area (Å²) in [4.78, 5) is 0. The van der Waals surface area contributed by atoms with Gasteiger partial charge < -0.3 is 10.5 Å². The molecule has 0 aliphatic rings. The van der Waals surface area contributed by atoms with Crippen LogP contribution in [0.2, 0.25) is 10.0 Å². The third-order valence-electron chi connectivity index (χ3n) is 2.49. The Labute approximate surface area is 116 Å². The second-order valence-corrected chi connectivity index (χ2v) is 4.81. The van der Waals surface area contributed by atoms with E-state index in [9.17, 15) is 0 Å². The minimum absolute atomic E-state index is 0.177. The highest BCUT2D eigenvalue weighted by Crippen LogP contribution is 2.24. The van der Waals surface area contributed by atoms with Crippen LogP contribution in [0.5, 0.6) is 5.75 Å². The smallest absolute Gasteiger partial charge is 0.122 e. The van der Waals surface area contributed by atoms with Crippen LogP contribution in [0.1, 0.15) is 11.6 Å². The first kappa shape index (κ1) is 13.2. The molecule has 0 heterocycles. The Balaban J connectivity index is 1.99. The molecular weight excluding hydrogens is 269 g/mol. The first-order valence-electron chi connectivity index (χ1n) is 5.54. The molecule has 1 unspecified atom stereocenters. The van der Waals surface area contributed by atoms with Crippen LogP contribution in [0, 0.1) is 0 Å². The van der Waals surface area contributed by atoms with Crippen molar-refractivity contribution in [3.63, 3.8) is 0 Å². The lowest BCUT2D eigenvalue weighted by molar-refractivity contribution is 0.291. The van der Waals surface area contributed by atoms with Gasteiger partial charge in [0.05, 0.1) is 6.04 Å². The summed E-state index contributed by atoms with van der Waals surface area (Å²) in [5.74, 6) is 0.624. The fourth-order valence-corrected chi connectivity index (χ4v) is 2.10. The summed E-state index contributed by atoms with van der Waals surface area (Å²) in [5.41, 5.74) is 7.06. The molecule has 0 amide bonds. The highest BCUT2D eigenvalue weighted by molar-refractivity contribution is 6.34. The molecule has 94 valence electrons. The Kier molecular flexibility index (Phi) is 4.48. The molecule has 2 aromatic carbocycles. The van der Waals surface area contributed by atoms with Crippen molar-refractivity contribution in [2.45, 2.75) is 6.04 Å². The van der Waals surface area contributed by atoms with Crippen molar-refractivity contribution in [2.75, 3.05) is 6.61 Å². The molecule has 0 spiro atoms. The SMILES string of the molecule is NC(COc1cc(Cl)cc(Cl)c1)c1ccccc1. The van der Waals surface area contributed by atoms with E-state index < -0.39 is 0 Å². The summed E-state index contributed by atoms with van der Waals surface area (Å²) >= 11 is 11.8. The summed E-state index contributed by atoms with van der Waals surface area (Å²) in [6.07, 6.45) is 0. The summed E-state index contributed by atoms with van der Waals surface area (Å²) in [5, 5.41) is 1.09. The molecule has 0 bridgehead atoms. The third kappa shape index (κ3) is 3.64. The van der Waals surface area contributed by atoms with Gasteiger partial charge in [0, 0.05) is 10.0 Å². The van der Waals surface area contributed by atoms with E-state index in [-0.39, 0.29) is 6.04 Å². The average molecular weight is 282 g/mol. The van der Waals surface area contributed by atoms with E-state index >= 15 is 0 Å². The number of benzene rings is 2. The van der Waals surface area contributed by atoms with Crippen LogP contribution in [-0.4, -0.2) is 6.61 Å². The lowest BCUT2D eigenvalue weighted by atomic mass is 10.1. The fraction of sp³-hybridized carbons (Fsp3) is 0.143. The van der Waals surface area contributed by atoms with Gasteiger partial charge >= 0.3 is 0 Å². The molecule has 2 rings (SSSR count). The number of halogens is 2. The molecule has 18 heavy (non-hydrogen) atoms. The van der Waals surface area contributed by atoms with Crippen LogP contribution < -0.4 is 10.5 Å². The minimum Gasteiger partial charge on any atom is -0.492 e. The van der Waals surface area contributed by atoms with Crippen molar-refractivity contribution in [1.82, 2.24) is 0 Å². The van der Waals surface area contributed by atoms with Crippen LogP contribution in [0.15, 0.2) is 48.5 Å². The zero-order chi connectivity index (χ0) is 13.0. The first-order chi connectivity index (χ1) is 8.65. The molecule has 0 saturated heterocycles. The van der Waals surface area contributed by atoms with Gasteiger partial charge in [-0.15, -0.1) is 0 Å². The van der Waals surface area contributed by atoms with Crippen molar-refractivity contribution in [3.8, 4) is 5.75 Å². The van der Waals surface area contributed by atoms with Gasteiger partial charge in [-0.3, -0.25) is 0 Å². The summed E-state index contributed by atoms with van der Waals surface area (Å²) in [6.45, 7) is 0.376. The van der Waals surface area contributed by atoms with E-state index in [0.717, 1.165) is 5.56 Å². The topological polar surface area (TPSA) is 35.2 Å². The number of rotatable bonds is 4. The van der Waals surface area contributed by atoms with Crippen molar-refractivity contribution in [1.29, 1.82) is 0 Å². The Morgan fingerprint density at radius 1 is 1.00 bits per heavy atom. The Morgan fingerprint density at radius 2 is 1.61 bits per heavy atom. The number of hydrogen-bond donors (Lipinski definition) is 1. The molecule has 0 aliphatic carbocycles. The molecule has 0 aromatic heterocycles. The molecule has 0 radical (unpaired) electrons. The van der Waals surface area contributed by atoms with Crippen LogP contribution in [0.25, 0.3) is 0 Å². The summed E-state index contributed by atoms with van der Waals surface area (Å²) in [7, 11) is 0. The number of hydrogen-bond acceptors (Lipinski definition) is 2. The maximum atomic E-state index is 6.03. The quantitative estimate of drug-likeness (QED) is 0.917. The van der Waals surface area contributed by atoms with E-state index in [1.807, 2.05) is 30.3 Å². The van der Waals surface area contributed by atoms with Gasteiger partial charge in [0.2, 0.25) is 0 Å². The van der Waals surface area contributed by atoms with Crippen LogP contribution in [0.4, 0.5) is 0 Å². The molecular formula is C14H13Cl2NO. The molecule has 2 N–H and O–H groups in total. The first-order valence-corrected chi connectivity index (χ1v) is 6.30. The molecule has 4 heteroatoms. The standard InChI is InChI=1S/C14H13Cl2NO/c15-11-6-12(16)8-13(7-11)18-9-14(17)10-4-2-1-3-5-10/h1-8,14H,9,17H2. The van der Waals surface area contributed by atoms with Crippen molar-refractivity contribution in [2.24, 2.45) is 5.73 Å². The monoisotopic (exact) mass is 281 g/mol. The molecule has 2 aromatic rings. The Bertz CT molecular complexity index is 496. The molecule has 1 atom stereocenters. The number of nitrogens with two attached hydrogens (primary N) is 1. The van der Waals surface area contributed by atoms with Gasteiger partial charge in [-0.1, -0.05) is 53.5 Å². The molecule has 2 nitrogen and oxygen atoms in total. The zero-order valence-corrected chi connectivity index (χ0v) is 11.2. The number of ether oxygens (including phenoxy) is 1.